The van der Waals surface area contributed by atoms with Gasteiger partial charge in [0.2, 0.25) is 5.91 Å². The Balaban J connectivity index is 2.04. The molecule has 1 aliphatic rings. The molecule has 0 bridgehead atoms. The zero-order chi connectivity index (χ0) is 15.6. The van der Waals surface area contributed by atoms with Crippen LogP contribution >= 0.6 is 23.2 Å². The third-order valence-corrected chi connectivity index (χ3v) is 4.58. The van der Waals surface area contributed by atoms with E-state index in [1.807, 2.05) is 6.92 Å². The lowest BCUT2D eigenvalue weighted by Crippen LogP contribution is -2.48. The van der Waals surface area contributed by atoms with E-state index in [0.717, 1.165) is 13.1 Å². The molecule has 1 N–H and O–H groups in total. The third kappa shape index (κ3) is 4.35. The van der Waals surface area contributed by atoms with Crippen LogP contribution in [0.3, 0.4) is 0 Å². The smallest absolute Gasteiger partial charge is 0.241 e. The molecule has 21 heavy (non-hydrogen) atoms. The topological polar surface area (TPSA) is 32.3 Å². The highest BCUT2D eigenvalue weighted by Gasteiger charge is 2.29. The number of rotatable bonds is 3. The molecule has 3 atom stereocenters. The van der Waals surface area contributed by atoms with Gasteiger partial charge in [-0.15, -0.1) is 0 Å². The van der Waals surface area contributed by atoms with E-state index in [2.05, 4.69) is 24.1 Å². The van der Waals surface area contributed by atoms with Crippen molar-refractivity contribution in [2.75, 3.05) is 18.4 Å². The average Bonchev–Trinajstić information content (AvgIpc) is 2.41. The van der Waals surface area contributed by atoms with E-state index in [1.54, 1.807) is 18.2 Å². The molecule has 1 aromatic carbocycles. The fraction of sp³-hybridized carbons (Fsp3) is 0.562. The highest BCUT2D eigenvalue weighted by molar-refractivity contribution is 6.35. The van der Waals surface area contributed by atoms with E-state index in [-0.39, 0.29) is 11.9 Å². The molecule has 116 valence electrons. The highest BCUT2D eigenvalue weighted by Crippen LogP contribution is 2.27. The van der Waals surface area contributed by atoms with E-state index < -0.39 is 0 Å². The minimum absolute atomic E-state index is 0.0412. The summed E-state index contributed by atoms with van der Waals surface area (Å²) in [5, 5.41) is 3.94. The van der Waals surface area contributed by atoms with E-state index >= 15 is 0 Å². The zero-order valence-electron chi connectivity index (χ0n) is 12.7. The minimum atomic E-state index is -0.176. The van der Waals surface area contributed by atoms with Gasteiger partial charge in [-0.05, 0) is 43.4 Å². The first-order valence-corrected chi connectivity index (χ1v) is 8.12. The highest BCUT2D eigenvalue weighted by atomic mass is 35.5. The van der Waals surface area contributed by atoms with Crippen LogP contribution in [0.4, 0.5) is 5.69 Å². The lowest BCUT2D eigenvalue weighted by Gasteiger charge is -2.38. The van der Waals surface area contributed by atoms with Gasteiger partial charge in [-0.2, -0.15) is 0 Å². The average molecular weight is 329 g/mol. The largest absolute Gasteiger partial charge is 0.323 e. The van der Waals surface area contributed by atoms with E-state index in [4.69, 9.17) is 23.2 Å². The Morgan fingerprint density at radius 3 is 2.52 bits per heavy atom. The van der Waals surface area contributed by atoms with Gasteiger partial charge in [0.15, 0.2) is 0 Å². The summed E-state index contributed by atoms with van der Waals surface area (Å²) in [5.74, 6) is 1.21. The molecule has 1 aliphatic heterocycles. The maximum atomic E-state index is 12.4. The van der Waals surface area contributed by atoms with Crippen molar-refractivity contribution in [3.63, 3.8) is 0 Å². The Labute approximate surface area is 136 Å². The van der Waals surface area contributed by atoms with Gasteiger partial charge in [0.25, 0.3) is 0 Å². The number of nitrogens with one attached hydrogen (secondary N) is 1. The van der Waals surface area contributed by atoms with Crippen molar-refractivity contribution in [1.29, 1.82) is 0 Å². The second-order valence-electron chi connectivity index (χ2n) is 6.19. The number of halogens is 2. The molecule has 1 aromatic rings. The number of hydrogen-bond acceptors (Lipinski definition) is 2. The fourth-order valence-electron chi connectivity index (χ4n) is 3.02. The van der Waals surface area contributed by atoms with Gasteiger partial charge in [-0.1, -0.05) is 37.0 Å². The number of nitrogens with zero attached hydrogens (tertiary/aromatic N) is 1. The summed E-state index contributed by atoms with van der Waals surface area (Å²) >= 11 is 12.0. The van der Waals surface area contributed by atoms with Crippen molar-refractivity contribution >= 4 is 34.8 Å². The summed E-state index contributed by atoms with van der Waals surface area (Å²) in [5.41, 5.74) is 0.569. The molecule has 2 rings (SSSR count). The number of carbonyl (C=O) groups is 1. The number of carbonyl (C=O) groups excluding carboxylic acids is 1. The molecule has 1 saturated heterocycles. The van der Waals surface area contributed by atoms with Crippen LogP contribution in [-0.2, 0) is 4.79 Å². The first-order valence-electron chi connectivity index (χ1n) is 7.36. The van der Waals surface area contributed by atoms with Crippen LogP contribution in [0.15, 0.2) is 18.2 Å². The molecule has 0 aliphatic carbocycles. The van der Waals surface area contributed by atoms with E-state index in [9.17, 15) is 4.79 Å². The molecule has 5 heteroatoms. The molecular formula is C16H22Cl2N2O. The number of hydrogen-bond donors (Lipinski definition) is 1. The maximum Gasteiger partial charge on any atom is 0.241 e. The van der Waals surface area contributed by atoms with Crippen LogP contribution in [-0.4, -0.2) is 29.9 Å². The monoisotopic (exact) mass is 328 g/mol. The van der Waals surface area contributed by atoms with Crippen LogP contribution in [0, 0.1) is 11.8 Å². The zero-order valence-corrected chi connectivity index (χ0v) is 14.2. The molecule has 1 fully saturated rings. The van der Waals surface area contributed by atoms with Gasteiger partial charge < -0.3 is 5.32 Å². The summed E-state index contributed by atoms with van der Waals surface area (Å²) in [6, 6.07) is 4.90. The molecule has 1 amide bonds. The van der Waals surface area contributed by atoms with E-state index in [1.165, 1.54) is 6.42 Å². The molecule has 0 aromatic heterocycles. The van der Waals surface area contributed by atoms with Crippen molar-refractivity contribution < 1.29 is 4.79 Å². The van der Waals surface area contributed by atoms with Crippen LogP contribution in [0.5, 0.6) is 0 Å². The quantitative estimate of drug-likeness (QED) is 0.897. The fourth-order valence-corrected chi connectivity index (χ4v) is 3.36. The van der Waals surface area contributed by atoms with Gasteiger partial charge >= 0.3 is 0 Å². The number of anilines is 1. The van der Waals surface area contributed by atoms with Crippen LogP contribution in [0.25, 0.3) is 0 Å². The summed E-state index contributed by atoms with van der Waals surface area (Å²) in [7, 11) is 0. The maximum absolute atomic E-state index is 12.4. The van der Waals surface area contributed by atoms with Crippen molar-refractivity contribution in [2.45, 2.75) is 33.2 Å². The van der Waals surface area contributed by atoms with Crippen LogP contribution in [0.2, 0.25) is 10.0 Å². The first-order chi connectivity index (χ1) is 9.86. The van der Waals surface area contributed by atoms with Gasteiger partial charge in [-0.25, -0.2) is 0 Å². The van der Waals surface area contributed by atoms with Gasteiger partial charge in [-0.3, -0.25) is 9.69 Å². The van der Waals surface area contributed by atoms with Gasteiger partial charge in [0.05, 0.1) is 16.8 Å². The lowest BCUT2D eigenvalue weighted by atomic mass is 9.91. The number of piperidine rings is 1. The molecule has 3 unspecified atom stereocenters. The van der Waals surface area contributed by atoms with Crippen molar-refractivity contribution in [2.24, 2.45) is 11.8 Å². The minimum Gasteiger partial charge on any atom is -0.323 e. The molecule has 0 spiro atoms. The van der Waals surface area contributed by atoms with Crippen molar-refractivity contribution in [3.8, 4) is 0 Å². The summed E-state index contributed by atoms with van der Waals surface area (Å²) in [4.78, 5) is 14.7. The predicted molar refractivity (Wildman–Crippen MR) is 89.1 cm³/mol. The van der Waals surface area contributed by atoms with Crippen LogP contribution < -0.4 is 5.32 Å². The summed E-state index contributed by atoms with van der Waals surface area (Å²) < 4.78 is 0. The normalized spacial score (nSPS) is 24.6. The summed E-state index contributed by atoms with van der Waals surface area (Å²) in [6.45, 7) is 8.34. The third-order valence-electron chi connectivity index (χ3n) is 4.01. The number of likely N-dealkylation sites (tertiary alicyclic amines) is 1. The molecule has 0 saturated carbocycles. The second kappa shape index (κ2) is 6.99. The SMILES string of the molecule is CC1CC(C)CN(C(C)C(=O)Nc2cc(Cl)ccc2Cl)C1. The Hall–Kier alpha value is -0.770. The first kappa shape index (κ1) is 16.6. The molecule has 1 heterocycles. The Bertz CT molecular complexity index is 511. The Kier molecular flexibility index (Phi) is 5.53. The molecule has 3 nitrogen and oxygen atoms in total. The van der Waals surface area contributed by atoms with Crippen molar-refractivity contribution in [3.05, 3.63) is 28.2 Å². The standard InChI is InChI=1S/C16H22Cl2N2O/c1-10-6-11(2)9-20(8-10)12(3)16(21)19-15-7-13(17)4-5-14(15)18/h4-5,7,10-12H,6,8-9H2,1-3H3,(H,19,21). The molecule has 0 radical (unpaired) electrons. The summed E-state index contributed by atoms with van der Waals surface area (Å²) in [6.07, 6.45) is 1.23. The predicted octanol–water partition coefficient (Wildman–Crippen LogP) is 4.30. The van der Waals surface area contributed by atoms with Gasteiger partial charge in [0.1, 0.15) is 0 Å². The van der Waals surface area contributed by atoms with E-state index in [0.29, 0.717) is 27.6 Å². The van der Waals surface area contributed by atoms with Crippen LogP contribution in [0.1, 0.15) is 27.2 Å². The molecular weight excluding hydrogens is 307 g/mol. The Morgan fingerprint density at radius 2 is 1.90 bits per heavy atom. The lowest BCUT2D eigenvalue weighted by molar-refractivity contribution is -0.121. The number of amides is 1. The van der Waals surface area contributed by atoms with Gasteiger partial charge in [0, 0.05) is 18.1 Å². The second-order valence-corrected chi connectivity index (χ2v) is 7.03. The Morgan fingerprint density at radius 1 is 1.29 bits per heavy atom. The number of benzene rings is 1. The van der Waals surface area contributed by atoms with Crippen molar-refractivity contribution in [1.82, 2.24) is 4.90 Å².